The molecule has 0 saturated carbocycles. The molecule has 31 heavy (non-hydrogen) atoms. The second-order valence-corrected chi connectivity index (χ2v) is 8.81. The number of rotatable bonds is 4. The Kier molecular flexibility index (Phi) is 6.08. The Morgan fingerprint density at radius 1 is 0.935 bits per heavy atom. The van der Waals surface area contributed by atoms with Crippen LogP contribution in [0.3, 0.4) is 0 Å². The van der Waals surface area contributed by atoms with Crippen LogP contribution in [0.25, 0.3) is 0 Å². The number of hydrogen-bond acceptors (Lipinski definition) is 5. The van der Waals surface area contributed by atoms with Gasteiger partial charge in [-0.2, -0.15) is 0 Å². The van der Waals surface area contributed by atoms with Gasteiger partial charge in [0.15, 0.2) is 0 Å². The molecule has 5 amide bonds. The van der Waals surface area contributed by atoms with Crippen LogP contribution in [-0.4, -0.2) is 83.5 Å². The first-order chi connectivity index (χ1) is 14.8. The van der Waals surface area contributed by atoms with E-state index >= 15 is 0 Å². The molecule has 1 atom stereocenters. The van der Waals surface area contributed by atoms with E-state index in [1.165, 1.54) is 0 Å². The molecule has 3 heterocycles. The third-order valence-electron chi connectivity index (χ3n) is 6.02. The summed E-state index contributed by atoms with van der Waals surface area (Å²) in [5.74, 6) is -2.05. The summed E-state index contributed by atoms with van der Waals surface area (Å²) in [6.45, 7) is 1.53. The van der Waals surface area contributed by atoms with Crippen molar-refractivity contribution >= 4 is 51.2 Å². The number of hydrogen-bond donors (Lipinski definition) is 0. The van der Waals surface area contributed by atoms with Crippen LogP contribution in [-0.2, 0) is 24.0 Å². The summed E-state index contributed by atoms with van der Waals surface area (Å²) in [5.41, 5.74) is 0.760. The predicted molar refractivity (Wildman–Crippen MR) is 114 cm³/mol. The molecule has 10 heteroatoms. The van der Waals surface area contributed by atoms with Gasteiger partial charge in [0.05, 0.1) is 0 Å². The van der Waals surface area contributed by atoms with Crippen molar-refractivity contribution in [1.29, 1.82) is 0 Å². The third kappa shape index (κ3) is 4.34. The standard InChI is InChI=1S/C21H23BrN4O5/c22-14-2-1-3-15(12-14)25-7-6-16(21(25)31)20(30)24-10-8-23(9-11-24)19(29)13-26-17(27)4-5-18(26)28/h1-3,12,16H,4-11,13H2. The van der Waals surface area contributed by atoms with Crippen LogP contribution in [0.4, 0.5) is 5.69 Å². The normalized spacial score (nSPS) is 22.0. The van der Waals surface area contributed by atoms with E-state index in [9.17, 15) is 24.0 Å². The van der Waals surface area contributed by atoms with E-state index in [1.54, 1.807) is 14.7 Å². The largest absolute Gasteiger partial charge is 0.338 e. The molecule has 9 nitrogen and oxygen atoms in total. The van der Waals surface area contributed by atoms with E-state index < -0.39 is 5.92 Å². The molecule has 3 aliphatic heterocycles. The number of halogens is 1. The van der Waals surface area contributed by atoms with E-state index in [0.29, 0.717) is 39.1 Å². The van der Waals surface area contributed by atoms with Crippen molar-refractivity contribution in [2.75, 3.05) is 44.2 Å². The predicted octanol–water partition coefficient (Wildman–Crippen LogP) is 0.622. The van der Waals surface area contributed by atoms with Crippen molar-refractivity contribution in [3.05, 3.63) is 28.7 Å². The molecule has 0 aromatic heterocycles. The molecule has 3 saturated heterocycles. The smallest absolute Gasteiger partial charge is 0.242 e. The lowest BCUT2D eigenvalue weighted by molar-refractivity contribution is -0.148. The summed E-state index contributed by atoms with van der Waals surface area (Å²) in [6.07, 6.45) is 0.768. The molecule has 3 fully saturated rings. The van der Waals surface area contributed by atoms with Crippen molar-refractivity contribution in [2.24, 2.45) is 5.92 Å². The summed E-state index contributed by atoms with van der Waals surface area (Å²) in [4.78, 5) is 67.6. The molecular weight excluding hydrogens is 468 g/mol. The fourth-order valence-corrected chi connectivity index (χ4v) is 4.63. The van der Waals surface area contributed by atoms with Gasteiger partial charge in [0.25, 0.3) is 0 Å². The monoisotopic (exact) mass is 490 g/mol. The number of benzene rings is 1. The number of nitrogens with zero attached hydrogens (tertiary/aromatic N) is 4. The minimum absolute atomic E-state index is 0.154. The van der Waals surface area contributed by atoms with Gasteiger partial charge in [0.2, 0.25) is 29.5 Å². The average Bonchev–Trinajstić information content (AvgIpc) is 3.30. The molecule has 1 aromatic carbocycles. The van der Waals surface area contributed by atoms with Crippen LogP contribution >= 0.6 is 15.9 Å². The Hall–Kier alpha value is -2.75. The van der Waals surface area contributed by atoms with Crippen LogP contribution in [0.2, 0.25) is 0 Å². The molecule has 3 aliphatic rings. The number of carbonyl (C=O) groups excluding carboxylic acids is 5. The summed E-state index contributed by atoms with van der Waals surface area (Å²) in [5, 5.41) is 0. The van der Waals surface area contributed by atoms with Gasteiger partial charge in [-0.3, -0.25) is 28.9 Å². The van der Waals surface area contributed by atoms with E-state index in [0.717, 1.165) is 15.1 Å². The van der Waals surface area contributed by atoms with Gasteiger partial charge in [0, 0.05) is 55.7 Å². The quantitative estimate of drug-likeness (QED) is 0.455. The maximum atomic E-state index is 13.0. The highest BCUT2D eigenvalue weighted by atomic mass is 79.9. The zero-order valence-electron chi connectivity index (χ0n) is 17.0. The maximum Gasteiger partial charge on any atom is 0.242 e. The van der Waals surface area contributed by atoms with Crippen LogP contribution in [0.1, 0.15) is 19.3 Å². The number of amides is 5. The summed E-state index contributed by atoms with van der Waals surface area (Å²) in [7, 11) is 0. The zero-order valence-corrected chi connectivity index (χ0v) is 18.5. The zero-order chi connectivity index (χ0) is 22.1. The van der Waals surface area contributed by atoms with Crippen molar-refractivity contribution in [2.45, 2.75) is 19.3 Å². The summed E-state index contributed by atoms with van der Waals surface area (Å²) >= 11 is 3.40. The van der Waals surface area contributed by atoms with E-state index in [4.69, 9.17) is 0 Å². The van der Waals surface area contributed by atoms with Crippen LogP contribution in [0.5, 0.6) is 0 Å². The molecule has 1 unspecified atom stereocenters. The maximum absolute atomic E-state index is 13.0. The van der Waals surface area contributed by atoms with E-state index in [-0.39, 0.29) is 48.9 Å². The van der Waals surface area contributed by atoms with Gasteiger partial charge in [-0.1, -0.05) is 22.0 Å². The lowest BCUT2D eigenvalue weighted by Crippen LogP contribution is -2.54. The SMILES string of the molecule is O=C(CN1C(=O)CCC1=O)N1CCN(C(=O)C2CCN(c3cccc(Br)c3)C2=O)CC1. The van der Waals surface area contributed by atoms with Crippen molar-refractivity contribution in [3.63, 3.8) is 0 Å². The topological polar surface area (TPSA) is 98.3 Å². The van der Waals surface area contributed by atoms with Gasteiger partial charge in [-0.05, 0) is 24.6 Å². The average molecular weight is 491 g/mol. The van der Waals surface area contributed by atoms with Crippen LogP contribution < -0.4 is 4.90 Å². The number of imide groups is 1. The van der Waals surface area contributed by atoms with Gasteiger partial charge in [-0.25, -0.2) is 0 Å². The second-order valence-electron chi connectivity index (χ2n) is 7.89. The first-order valence-electron chi connectivity index (χ1n) is 10.3. The summed E-state index contributed by atoms with van der Waals surface area (Å²) < 4.78 is 0.866. The Morgan fingerprint density at radius 3 is 2.23 bits per heavy atom. The van der Waals surface area contributed by atoms with Gasteiger partial charge < -0.3 is 14.7 Å². The molecule has 0 aliphatic carbocycles. The van der Waals surface area contributed by atoms with Crippen molar-refractivity contribution in [1.82, 2.24) is 14.7 Å². The Balaban J connectivity index is 1.31. The Morgan fingerprint density at radius 2 is 1.58 bits per heavy atom. The molecule has 0 N–H and O–H groups in total. The van der Waals surface area contributed by atoms with Crippen LogP contribution in [0.15, 0.2) is 28.7 Å². The first kappa shape index (κ1) is 21.5. The van der Waals surface area contributed by atoms with Crippen molar-refractivity contribution in [3.8, 4) is 0 Å². The fourth-order valence-electron chi connectivity index (χ4n) is 4.24. The fraction of sp³-hybridized carbons (Fsp3) is 0.476. The molecular formula is C21H23BrN4O5. The van der Waals surface area contributed by atoms with Crippen molar-refractivity contribution < 1.29 is 24.0 Å². The van der Waals surface area contributed by atoms with Gasteiger partial charge in [0.1, 0.15) is 12.5 Å². The minimum Gasteiger partial charge on any atom is -0.338 e. The molecule has 1 aromatic rings. The molecule has 164 valence electrons. The Bertz CT molecular complexity index is 927. The highest BCUT2D eigenvalue weighted by molar-refractivity contribution is 9.10. The molecule has 0 spiro atoms. The van der Waals surface area contributed by atoms with E-state index in [1.807, 2.05) is 24.3 Å². The number of anilines is 1. The Labute approximate surface area is 188 Å². The van der Waals surface area contributed by atoms with Crippen LogP contribution in [0, 0.1) is 5.92 Å². The van der Waals surface area contributed by atoms with Gasteiger partial charge >= 0.3 is 0 Å². The highest BCUT2D eigenvalue weighted by Crippen LogP contribution is 2.28. The van der Waals surface area contributed by atoms with Gasteiger partial charge in [-0.15, -0.1) is 0 Å². The highest BCUT2D eigenvalue weighted by Gasteiger charge is 2.41. The number of likely N-dealkylation sites (tertiary alicyclic amines) is 1. The lowest BCUT2D eigenvalue weighted by Gasteiger charge is -2.36. The van der Waals surface area contributed by atoms with E-state index in [2.05, 4.69) is 15.9 Å². The first-order valence-corrected chi connectivity index (χ1v) is 11.1. The molecule has 4 rings (SSSR count). The third-order valence-corrected chi connectivity index (χ3v) is 6.51. The molecule has 0 bridgehead atoms. The summed E-state index contributed by atoms with van der Waals surface area (Å²) in [6, 6.07) is 7.42. The minimum atomic E-state index is -0.707. The lowest BCUT2D eigenvalue weighted by atomic mass is 10.1. The second kappa shape index (κ2) is 8.78. The number of carbonyl (C=O) groups is 5. The number of piperazine rings is 1. The molecule has 0 radical (unpaired) electrons.